The Bertz CT molecular complexity index is 1550. The summed E-state index contributed by atoms with van der Waals surface area (Å²) in [7, 11) is 3.11. The molecule has 0 aliphatic carbocycles. The average molecular weight is 586 g/mol. The van der Waals surface area contributed by atoms with Crippen LogP contribution in [0, 0.1) is 11.3 Å². The van der Waals surface area contributed by atoms with E-state index in [1.165, 1.54) is 24.2 Å². The minimum absolute atomic E-state index is 0.171. The van der Waals surface area contributed by atoms with Crippen LogP contribution in [0.25, 0.3) is 10.2 Å². The monoisotopic (exact) mass is 585 g/mol. The number of carbonyl (C=O) groups is 2. The highest BCUT2D eigenvalue weighted by Crippen LogP contribution is 2.36. The van der Waals surface area contributed by atoms with Crippen molar-refractivity contribution < 1.29 is 23.8 Å². The molecule has 216 valence electrons. The van der Waals surface area contributed by atoms with Gasteiger partial charge >= 0.3 is 0 Å². The van der Waals surface area contributed by atoms with E-state index in [2.05, 4.69) is 26.6 Å². The molecular formula is C31H31N5O5S. The third-order valence-electron chi connectivity index (χ3n) is 6.99. The number of likely N-dealkylation sites (tertiary alicyclic amines) is 1. The Morgan fingerprint density at radius 2 is 1.71 bits per heavy atom. The summed E-state index contributed by atoms with van der Waals surface area (Å²) in [5.41, 5.74) is 2.17. The van der Waals surface area contributed by atoms with Crippen LogP contribution >= 0.6 is 11.3 Å². The molecule has 1 aromatic heterocycles. The SMILES string of the molecule is COc1cc2nc(NC(=O)C(Oc3ccc(C#N)cc3)c3ccc(C(=O)NCCN4CCCC4)cc3)sc2cc1OC. The third-order valence-corrected chi connectivity index (χ3v) is 7.92. The smallest absolute Gasteiger partial charge is 0.271 e. The van der Waals surface area contributed by atoms with Gasteiger partial charge in [0, 0.05) is 36.3 Å². The predicted molar refractivity (Wildman–Crippen MR) is 160 cm³/mol. The second-order valence-corrected chi connectivity index (χ2v) is 10.8. The van der Waals surface area contributed by atoms with Gasteiger partial charge in [-0.2, -0.15) is 5.26 Å². The molecule has 2 heterocycles. The first kappa shape index (κ1) is 28.9. The Balaban J connectivity index is 1.34. The first-order chi connectivity index (χ1) is 20.5. The number of nitrogens with zero attached hydrogens (tertiary/aromatic N) is 3. The number of ether oxygens (including phenoxy) is 3. The third kappa shape index (κ3) is 6.79. The van der Waals surface area contributed by atoms with Gasteiger partial charge < -0.3 is 24.4 Å². The number of methoxy groups -OCH3 is 2. The summed E-state index contributed by atoms with van der Waals surface area (Å²) >= 11 is 1.29. The molecule has 0 saturated carbocycles. The number of benzene rings is 3. The Kier molecular flexibility index (Phi) is 9.16. The number of anilines is 1. The number of hydrogen-bond donors (Lipinski definition) is 2. The quantitative estimate of drug-likeness (QED) is 0.258. The zero-order valence-corrected chi connectivity index (χ0v) is 24.2. The molecule has 2 amide bonds. The second kappa shape index (κ2) is 13.3. The predicted octanol–water partition coefficient (Wildman–Crippen LogP) is 4.77. The highest BCUT2D eigenvalue weighted by atomic mass is 32.1. The van der Waals surface area contributed by atoms with Gasteiger partial charge in [0.2, 0.25) is 6.10 Å². The lowest BCUT2D eigenvalue weighted by molar-refractivity contribution is -0.123. The van der Waals surface area contributed by atoms with Gasteiger partial charge in [0.25, 0.3) is 11.8 Å². The summed E-state index contributed by atoms with van der Waals surface area (Å²) in [6.07, 6.45) is 1.36. The maximum absolute atomic E-state index is 13.6. The van der Waals surface area contributed by atoms with E-state index in [1.807, 2.05) is 0 Å². The molecule has 10 nitrogen and oxygen atoms in total. The number of aromatic nitrogens is 1. The molecule has 2 N–H and O–H groups in total. The van der Waals surface area contributed by atoms with Crippen LogP contribution in [-0.2, 0) is 4.79 Å². The van der Waals surface area contributed by atoms with E-state index in [9.17, 15) is 9.59 Å². The second-order valence-electron chi connectivity index (χ2n) is 9.74. The van der Waals surface area contributed by atoms with Gasteiger partial charge in [-0.1, -0.05) is 23.5 Å². The summed E-state index contributed by atoms with van der Waals surface area (Å²) in [6, 6.07) is 18.9. The highest BCUT2D eigenvalue weighted by Gasteiger charge is 2.25. The summed E-state index contributed by atoms with van der Waals surface area (Å²) in [5.74, 6) is 0.899. The Morgan fingerprint density at radius 3 is 2.38 bits per heavy atom. The molecule has 1 fully saturated rings. The highest BCUT2D eigenvalue weighted by molar-refractivity contribution is 7.22. The Hall–Kier alpha value is -4.66. The van der Waals surface area contributed by atoms with E-state index in [4.69, 9.17) is 19.5 Å². The Labute approximate surface area is 247 Å². The standard InChI is InChI=1S/C31H31N5O5S/c1-39-25-17-24-27(18-26(25)40-2)42-31(34-24)35-30(38)28(41-23-11-5-20(19-32)6-12-23)21-7-9-22(10-8-21)29(37)33-13-16-36-14-3-4-15-36/h5-12,17-18,28H,3-4,13-16H2,1-2H3,(H,33,37)(H,34,35,38). The fourth-order valence-electron chi connectivity index (χ4n) is 4.74. The molecule has 4 aromatic rings. The van der Waals surface area contributed by atoms with Crippen molar-refractivity contribution in [2.45, 2.75) is 18.9 Å². The van der Waals surface area contributed by atoms with Gasteiger partial charge in [0.15, 0.2) is 16.6 Å². The number of amides is 2. The minimum Gasteiger partial charge on any atom is -0.493 e. The summed E-state index contributed by atoms with van der Waals surface area (Å²) in [4.78, 5) is 33.2. The van der Waals surface area contributed by atoms with Gasteiger partial charge in [-0.15, -0.1) is 0 Å². The van der Waals surface area contributed by atoms with Crippen molar-refractivity contribution >= 4 is 38.5 Å². The number of nitriles is 1. The largest absolute Gasteiger partial charge is 0.493 e. The molecule has 0 bridgehead atoms. The van der Waals surface area contributed by atoms with E-state index in [-0.39, 0.29) is 5.91 Å². The van der Waals surface area contributed by atoms with Crippen molar-refractivity contribution in [3.8, 4) is 23.3 Å². The zero-order chi connectivity index (χ0) is 29.5. The summed E-state index contributed by atoms with van der Waals surface area (Å²) in [5, 5.41) is 15.3. The van der Waals surface area contributed by atoms with E-state index in [1.54, 1.807) is 74.9 Å². The number of hydrogen-bond acceptors (Lipinski definition) is 9. The Morgan fingerprint density at radius 1 is 1.02 bits per heavy atom. The normalized spacial score (nSPS) is 13.7. The van der Waals surface area contributed by atoms with Crippen LogP contribution in [0.2, 0.25) is 0 Å². The van der Waals surface area contributed by atoms with Crippen molar-refractivity contribution in [2.75, 3.05) is 45.7 Å². The maximum atomic E-state index is 13.6. The van der Waals surface area contributed by atoms with Crippen LogP contribution in [0.4, 0.5) is 5.13 Å². The van der Waals surface area contributed by atoms with Crippen molar-refractivity contribution in [3.63, 3.8) is 0 Å². The van der Waals surface area contributed by atoms with Crippen molar-refractivity contribution in [1.29, 1.82) is 5.26 Å². The molecule has 3 aromatic carbocycles. The topological polar surface area (TPSA) is 126 Å². The van der Waals surface area contributed by atoms with E-state index in [0.717, 1.165) is 24.3 Å². The number of thiazole rings is 1. The zero-order valence-electron chi connectivity index (χ0n) is 23.4. The number of fused-ring (bicyclic) bond motifs is 1. The lowest BCUT2D eigenvalue weighted by Gasteiger charge is -2.19. The summed E-state index contributed by atoms with van der Waals surface area (Å²) < 4.78 is 17.7. The molecule has 11 heteroatoms. The number of carbonyl (C=O) groups excluding carboxylic acids is 2. The fraction of sp³-hybridized carbons (Fsp3) is 0.290. The lowest BCUT2D eigenvalue weighted by Crippen LogP contribution is -2.33. The molecular weight excluding hydrogens is 554 g/mol. The molecule has 0 spiro atoms. The van der Waals surface area contributed by atoms with E-state index < -0.39 is 12.0 Å². The van der Waals surface area contributed by atoms with Gasteiger partial charge in [0.05, 0.1) is 36.1 Å². The van der Waals surface area contributed by atoms with Gasteiger partial charge in [-0.3, -0.25) is 14.9 Å². The van der Waals surface area contributed by atoms with Crippen LogP contribution < -0.4 is 24.8 Å². The minimum atomic E-state index is -1.05. The van der Waals surface area contributed by atoms with Crippen LogP contribution in [0.15, 0.2) is 60.7 Å². The van der Waals surface area contributed by atoms with Gasteiger partial charge in [-0.05, 0) is 62.3 Å². The van der Waals surface area contributed by atoms with Gasteiger partial charge in [0.1, 0.15) is 5.75 Å². The van der Waals surface area contributed by atoms with Gasteiger partial charge in [-0.25, -0.2) is 4.98 Å². The lowest BCUT2D eigenvalue weighted by atomic mass is 10.1. The fourth-order valence-corrected chi connectivity index (χ4v) is 5.62. The molecule has 1 aliphatic rings. The first-order valence-electron chi connectivity index (χ1n) is 13.6. The van der Waals surface area contributed by atoms with E-state index in [0.29, 0.717) is 51.1 Å². The van der Waals surface area contributed by atoms with Crippen LogP contribution in [0.1, 0.15) is 40.4 Å². The molecule has 5 rings (SSSR count). The number of nitrogens with one attached hydrogen (secondary N) is 2. The molecule has 1 unspecified atom stereocenters. The molecule has 1 atom stereocenters. The molecule has 1 saturated heterocycles. The number of rotatable bonds is 11. The molecule has 1 aliphatic heterocycles. The average Bonchev–Trinajstić information content (AvgIpc) is 3.68. The van der Waals surface area contributed by atoms with Crippen molar-refractivity contribution in [1.82, 2.24) is 15.2 Å². The molecule has 0 radical (unpaired) electrons. The maximum Gasteiger partial charge on any atom is 0.271 e. The first-order valence-corrected chi connectivity index (χ1v) is 14.4. The molecule has 42 heavy (non-hydrogen) atoms. The van der Waals surface area contributed by atoms with Crippen LogP contribution in [-0.4, -0.2) is 62.1 Å². The van der Waals surface area contributed by atoms with Crippen LogP contribution in [0.5, 0.6) is 17.2 Å². The van der Waals surface area contributed by atoms with E-state index >= 15 is 0 Å². The van der Waals surface area contributed by atoms with Crippen LogP contribution in [0.3, 0.4) is 0 Å². The van der Waals surface area contributed by atoms with Crippen molar-refractivity contribution in [3.05, 3.63) is 77.4 Å². The van der Waals surface area contributed by atoms with Crippen molar-refractivity contribution in [2.24, 2.45) is 0 Å². The summed E-state index contributed by atoms with van der Waals surface area (Å²) in [6.45, 7) is 3.56.